The fourth-order valence-corrected chi connectivity index (χ4v) is 3.89. The smallest absolute Gasteiger partial charge is 0.247 e. The number of nitrogens with zero attached hydrogens (tertiary/aromatic N) is 5. The molecule has 1 aromatic carbocycles. The maximum absolute atomic E-state index is 13.1. The van der Waals surface area contributed by atoms with Crippen LogP contribution in [0.1, 0.15) is 42.1 Å². The van der Waals surface area contributed by atoms with Crippen molar-refractivity contribution in [3.63, 3.8) is 0 Å². The minimum Gasteiger partial charge on any atom is -0.368 e. The molecule has 152 valence electrons. The summed E-state index contributed by atoms with van der Waals surface area (Å²) in [7, 11) is 0. The number of rotatable bonds is 5. The molecule has 1 aliphatic rings. The molecular weight excluding hydrogens is 370 g/mol. The molecule has 3 N–H and O–H groups in total. The number of hydrogen-bond acceptors (Lipinski definition) is 7. The fraction of sp³-hybridized carbons (Fsp3) is 0.400. The highest BCUT2D eigenvalue weighted by molar-refractivity contribution is 5.94. The fourth-order valence-electron chi connectivity index (χ4n) is 3.89. The minimum atomic E-state index is -0.413. The number of amides is 1. The van der Waals surface area contributed by atoms with E-state index in [2.05, 4.69) is 25.5 Å². The second kappa shape index (κ2) is 8.04. The summed E-state index contributed by atoms with van der Waals surface area (Å²) in [5, 5.41) is 11.2. The predicted molar refractivity (Wildman–Crippen MR) is 108 cm³/mol. The number of aromatic nitrogens is 4. The first-order chi connectivity index (χ1) is 14.0. The average Bonchev–Trinajstić information content (AvgIpc) is 3.27. The molecule has 0 spiro atoms. The van der Waals surface area contributed by atoms with Crippen molar-refractivity contribution in [2.75, 3.05) is 24.1 Å². The van der Waals surface area contributed by atoms with Crippen molar-refractivity contribution in [2.24, 2.45) is 0 Å². The zero-order valence-corrected chi connectivity index (χ0v) is 16.6. The number of carbonyl (C=O) groups excluding carboxylic acids is 1. The SMILES string of the molecule is Cc1nc(N)n(C2CCN(C(C(=O)Nc3cc(C)on3)c3ccccc3)CC2)n1. The standard InChI is InChI=1S/C20H25N7O2/c1-13-12-17(25-29-13)23-19(28)18(15-6-4-3-5-7-15)26-10-8-16(9-11-26)27-20(21)22-14(2)24-27/h3-7,12,16,18H,8-11H2,1-2H3,(H2,21,22,24)(H,23,25,28). The van der Waals surface area contributed by atoms with Gasteiger partial charge in [0.05, 0.1) is 6.04 Å². The van der Waals surface area contributed by atoms with Crippen molar-refractivity contribution < 1.29 is 9.32 Å². The Morgan fingerprint density at radius 1 is 1.24 bits per heavy atom. The monoisotopic (exact) mass is 395 g/mol. The van der Waals surface area contributed by atoms with Gasteiger partial charge in [-0.05, 0) is 32.3 Å². The molecule has 9 nitrogen and oxygen atoms in total. The Kier molecular flexibility index (Phi) is 5.30. The molecule has 4 rings (SSSR count). The van der Waals surface area contributed by atoms with E-state index in [4.69, 9.17) is 10.3 Å². The number of nitrogens with two attached hydrogens (primary N) is 1. The van der Waals surface area contributed by atoms with E-state index in [1.807, 2.05) is 41.9 Å². The average molecular weight is 395 g/mol. The topological polar surface area (TPSA) is 115 Å². The van der Waals surface area contributed by atoms with Gasteiger partial charge in [-0.1, -0.05) is 35.5 Å². The van der Waals surface area contributed by atoms with E-state index < -0.39 is 6.04 Å². The molecule has 0 aliphatic carbocycles. The van der Waals surface area contributed by atoms with Gasteiger partial charge in [-0.15, -0.1) is 0 Å². The number of likely N-dealkylation sites (tertiary alicyclic amines) is 1. The summed E-state index contributed by atoms with van der Waals surface area (Å²) in [5.74, 6) is 2.07. The molecule has 1 atom stereocenters. The summed E-state index contributed by atoms with van der Waals surface area (Å²) in [5.41, 5.74) is 6.93. The highest BCUT2D eigenvalue weighted by atomic mass is 16.5. The summed E-state index contributed by atoms with van der Waals surface area (Å²) in [6.45, 7) is 5.12. The second-order valence-electron chi connectivity index (χ2n) is 7.35. The van der Waals surface area contributed by atoms with Crippen molar-refractivity contribution in [1.82, 2.24) is 24.8 Å². The minimum absolute atomic E-state index is 0.126. The van der Waals surface area contributed by atoms with Crippen LogP contribution in [-0.4, -0.2) is 43.8 Å². The van der Waals surface area contributed by atoms with Gasteiger partial charge >= 0.3 is 0 Å². The molecule has 9 heteroatoms. The first kappa shape index (κ1) is 19.1. The molecular formula is C20H25N7O2. The zero-order chi connectivity index (χ0) is 20.4. The van der Waals surface area contributed by atoms with Gasteiger partial charge in [0.2, 0.25) is 11.9 Å². The largest absolute Gasteiger partial charge is 0.368 e. The van der Waals surface area contributed by atoms with E-state index in [0.717, 1.165) is 31.5 Å². The van der Waals surface area contributed by atoms with Gasteiger partial charge in [-0.3, -0.25) is 9.69 Å². The highest BCUT2D eigenvalue weighted by Gasteiger charge is 2.32. The third kappa shape index (κ3) is 4.14. The maximum atomic E-state index is 13.1. The number of benzene rings is 1. The molecule has 1 aliphatic heterocycles. The van der Waals surface area contributed by atoms with Crippen molar-refractivity contribution in [1.29, 1.82) is 0 Å². The molecule has 1 fully saturated rings. The van der Waals surface area contributed by atoms with Crippen LogP contribution in [0.3, 0.4) is 0 Å². The first-order valence-electron chi connectivity index (χ1n) is 9.73. The lowest BCUT2D eigenvalue weighted by atomic mass is 9.98. The van der Waals surface area contributed by atoms with Crippen LogP contribution in [0.2, 0.25) is 0 Å². The lowest BCUT2D eigenvalue weighted by Gasteiger charge is -2.37. The Morgan fingerprint density at radius 3 is 2.55 bits per heavy atom. The molecule has 1 saturated heterocycles. The summed E-state index contributed by atoms with van der Waals surface area (Å²) in [4.78, 5) is 19.5. The van der Waals surface area contributed by atoms with Crippen molar-refractivity contribution >= 4 is 17.7 Å². The molecule has 1 unspecified atom stereocenters. The van der Waals surface area contributed by atoms with Crippen LogP contribution < -0.4 is 11.1 Å². The Hall–Kier alpha value is -3.20. The van der Waals surface area contributed by atoms with Gasteiger partial charge in [0, 0.05) is 19.2 Å². The van der Waals surface area contributed by atoms with E-state index in [0.29, 0.717) is 23.4 Å². The highest BCUT2D eigenvalue weighted by Crippen LogP contribution is 2.30. The van der Waals surface area contributed by atoms with E-state index in [9.17, 15) is 4.79 Å². The van der Waals surface area contributed by atoms with Gasteiger partial charge in [0.15, 0.2) is 5.82 Å². The summed E-state index contributed by atoms with van der Waals surface area (Å²) >= 11 is 0. The number of aryl methyl sites for hydroxylation is 2. The zero-order valence-electron chi connectivity index (χ0n) is 16.6. The number of nitrogens with one attached hydrogen (secondary N) is 1. The Labute approximate surface area is 168 Å². The normalized spacial score (nSPS) is 16.6. The number of carbonyl (C=O) groups is 1. The maximum Gasteiger partial charge on any atom is 0.247 e. The molecule has 1 amide bonds. The van der Waals surface area contributed by atoms with Gasteiger partial charge in [-0.2, -0.15) is 10.1 Å². The predicted octanol–water partition coefficient (Wildman–Crippen LogP) is 2.48. The lowest BCUT2D eigenvalue weighted by Crippen LogP contribution is -2.42. The van der Waals surface area contributed by atoms with E-state index in [1.165, 1.54) is 0 Å². The van der Waals surface area contributed by atoms with Crippen molar-refractivity contribution in [3.05, 3.63) is 53.5 Å². The number of nitrogen functional groups attached to an aromatic ring is 1. The van der Waals surface area contributed by atoms with Crippen LogP contribution in [0.5, 0.6) is 0 Å². The number of hydrogen-bond donors (Lipinski definition) is 2. The van der Waals surface area contributed by atoms with Crippen molar-refractivity contribution in [3.8, 4) is 0 Å². The van der Waals surface area contributed by atoms with E-state index in [-0.39, 0.29) is 11.9 Å². The molecule has 0 saturated carbocycles. The van der Waals surface area contributed by atoms with Gasteiger partial charge in [-0.25, -0.2) is 4.68 Å². The van der Waals surface area contributed by atoms with Crippen LogP contribution in [0.25, 0.3) is 0 Å². The first-order valence-corrected chi connectivity index (χ1v) is 9.73. The third-order valence-corrected chi connectivity index (χ3v) is 5.22. The van der Waals surface area contributed by atoms with E-state index in [1.54, 1.807) is 13.0 Å². The van der Waals surface area contributed by atoms with Crippen LogP contribution in [0, 0.1) is 13.8 Å². The molecule has 29 heavy (non-hydrogen) atoms. The third-order valence-electron chi connectivity index (χ3n) is 5.22. The summed E-state index contributed by atoms with van der Waals surface area (Å²) in [6, 6.07) is 11.3. The Bertz CT molecular complexity index is 974. The van der Waals surface area contributed by atoms with Gasteiger partial charge in [0.1, 0.15) is 17.6 Å². The Balaban J connectivity index is 1.51. The van der Waals surface area contributed by atoms with Crippen molar-refractivity contribution in [2.45, 2.75) is 38.8 Å². The van der Waals surface area contributed by atoms with E-state index >= 15 is 0 Å². The van der Waals surface area contributed by atoms with Crippen LogP contribution in [-0.2, 0) is 4.79 Å². The second-order valence-corrected chi connectivity index (χ2v) is 7.35. The summed E-state index contributed by atoms with van der Waals surface area (Å²) < 4.78 is 6.87. The molecule has 2 aromatic heterocycles. The molecule has 0 bridgehead atoms. The van der Waals surface area contributed by atoms with Crippen LogP contribution >= 0.6 is 0 Å². The van der Waals surface area contributed by atoms with Gasteiger partial charge < -0.3 is 15.6 Å². The number of anilines is 2. The molecule has 3 aromatic rings. The molecule has 3 heterocycles. The van der Waals surface area contributed by atoms with Gasteiger partial charge in [0.25, 0.3) is 0 Å². The van der Waals surface area contributed by atoms with Crippen LogP contribution in [0.4, 0.5) is 11.8 Å². The quantitative estimate of drug-likeness (QED) is 0.682. The summed E-state index contributed by atoms with van der Waals surface area (Å²) in [6.07, 6.45) is 1.68. The number of piperidine rings is 1. The Morgan fingerprint density at radius 2 is 1.97 bits per heavy atom. The molecule has 0 radical (unpaired) electrons. The lowest BCUT2D eigenvalue weighted by molar-refractivity contribution is -0.122. The van der Waals surface area contributed by atoms with Crippen LogP contribution in [0.15, 0.2) is 40.9 Å².